The molecule has 1 unspecified atom stereocenters. The Morgan fingerprint density at radius 2 is 1.64 bits per heavy atom. The van der Waals surface area contributed by atoms with Gasteiger partial charge < -0.3 is 4.74 Å². The van der Waals surface area contributed by atoms with Gasteiger partial charge >= 0.3 is 5.97 Å². The summed E-state index contributed by atoms with van der Waals surface area (Å²) in [6.45, 7) is 6.29. The van der Waals surface area contributed by atoms with E-state index >= 15 is 0 Å². The highest BCUT2D eigenvalue weighted by molar-refractivity contribution is 5.91. The van der Waals surface area contributed by atoms with Gasteiger partial charge in [0.25, 0.3) is 0 Å². The van der Waals surface area contributed by atoms with Crippen LogP contribution in [-0.2, 0) is 17.6 Å². The van der Waals surface area contributed by atoms with Crippen LogP contribution >= 0.6 is 0 Å². The molecule has 0 aliphatic heterocycles. The van der Waals surface area contributed by atoms with Crippen molar-refractivity contribution in [1.29, 1.82) is 0 Å². The van der Waals surface area contributed by atoms with Gasteiger partial charge in [0.05, 0.1) is 5.56 Å². The van der Waals surface area contributed by atoms with Gasteiger partial charge in [0.15, 0.2) is 0 Å². The monoisotopic (exact) mass is 338 g/mol. The van der Waals surface area contributed by atoms with Gasteiger partial charge in [-0.15, -0.1) is 0 Å². The molecule has 1 atom stereocenters. The minimum Gasteiger partial charge on any atom is -0.456 e. The number of carbonyl (C=O) groups is 1. The molecule has 0 aliphatic rings. The maximum Gasteiger partial charge on any atom is 0.338 e. The lowest BCUT2D eigenvalue weighted by Crippen LogP contribution is -2.32. The summed E-state index contributed by atoms with van der Waals surface area (Å²) in [6, 6.07) is 18.2. The van der Waals surface area contributed by atoms with Crippen molar-refractivity contribution in [2.24, 2.45) is 0 Å². The van der Waals surface area contributed by atoms with Crippen LogP contribution in [-0.4, -0.2) is 11.6 Å². The summed E-state index contributed by atoms with van der Waals surface area (Å²) in [5.41, 5.74) is 2.65. The molecular formula is C23H30O2. The number of hydrogen-bond donors (Lipinski definition) is 0. The summed E-state index contributed by atoms with van der Waals surface area (Å²) in [6.07, 6.45) is 5.68. The lowest BCUT2D eigenvalue weighted by molar-refractivity contribution is -0.0153. The first kappa shape index (κ1) is 19.2. The highest BCUT2D eigenvalue weighted by atomic mass is 16.6. The van der Waals surface area contributed by atoms with E-state index in [1.807, 2.05) is 37.3 Å². The third-order valence-electron chi connectivity index (χ3n) is 4.91. The van der Waals surface area contributed by atoms with Crippen LogP contribution in [0.4, 0.5) is 0 Å². The van der Waals surface area contributed by atoms with Crippen LogP contribution in [0.3, 0.4) is 0 Å². The largest absolute Gasteiger partial charge is 0.456 e. The third-order valence-corrected chi connectivity index (χ3v) is 4.91. The number of aryl methyl sites for hydroxylation is 2. The van der Waals surface area contributed by atoms with E-state index in [1.165, 1.54) is 5.56 Å². The Hall–Kier alpha value is -2.09. The SMILES string of the molecule is CCCCc1ccccc1C(=O)OC(C)(CC)CCc1ccccc1. The van der Waals surface area contributed by atoms with Gasteiger partial charge in [0.1, 0.15) is 5.60 Å². The highest BCUT2D eigenvalue weighted by Gasteiger charge is 2.28. The van der Waals surface area contributed by atoms with Crippen LogP contribution in [0.5, 0.6) is 0 Å². The molecule has 0 aromatic heterocycles. The lowest BCUT2D eigenvalue weighted by Gasteiger charge is -2.29. The predicted octanol–water partition coefficient (Wildman–Crippen LogP) is 5.99. The fraction of sp³-hybridized carbons (Fsp3) is 0.435. The minimum absolute atomic E-state index is 0.191. The van der Waals surface area contributed by atoms with Crippen LogP contribution in [0.15, 0.2) is 54.6 Å². The van der Waals surface area contributed by atoms with Gasteiger partial charge in [-0.1, -0.05) is 68.8 Å². The number of unbranched alkanes of at least 4 members (excludes halogenated alkanes) is 1. The molecule has 0 saturated carbocycles. The summed E-state index contributed by atoms with van der Waals surface area (Å²) >= 11 is 0. The van der Waals surface area contributed by atoms with Crippen molar-refractivity contribution in [3.05, 3.63) is 71.3 Å². The number of carbonyl (C=O) groups excluding carboxylic acids is 1. The summed E-state index contributed by atoms with van der Waals surface area (Å²) in [5, 5.41) is 0. The Balaban J connectivity index is 2.06. The van der Waals surface area contributed by atoms with Crippen LogP contribution in [0.2, 0.25) is 0 Å². The van der Waals surface area contributed by atoms with E-state index < -0.39 is 5.60 Å². The van der Waals surface area contributed by atoms with Crippen molar-refractivity contribution in [2.75, 3.05) is 0 Å². The Bertz CT molecular complexity index is 663. The molecule has 0 spiro atoms. The first-order valence-electron chi connectivity index (χ1n) is 9.43. The average Bonchev–Trinajstić information content (AvgIpc) is 2.66. The van der Waals surface area contributed by atoms with Crippen LogP contribution in [0.1, 0.15) is 67.9 Å². The van der Waals surface area contributed by atoms with Crippen LogP contribution in [0.25, 0.3) is 0 Å². The number of hydrogen-bond acceptors (Lipinski definition) is 2. The van der Waals surface area contributed by atoms with Crippen molar-refractivity contribution in [2.45, 2.75) is 64.9 Å². The predicted molar refractivity (Wildman–Crippen MR) is 104 cm³/mol. The molecule has 0 heterocycles. The molecule has 0 bridgehead atoms. The molecule has 0 saturated heterocycles. The van der Waals surface area contributed by atoms with Gasteiger partial charge in [0.2, 0.25) is 0 Å². The molecule has 2 rings (SSSR count). The zero-order chi connectivity index (χ0) is 18.1. The fourth-order valence-electron chi connectivity index (χ4n) is 2.94. The van der Waals surface area contributed by atoms with Crippen LogP contribution in [0, 0.1) is 0 Å². The quantitative estimate of drug-likeness (QED) is 0.525. The molecule has 134 valence electrons. The van der Waals surface area contributed by atoms with Crippen molar-refractivity contribution < 1.29 is 9.53 Å². The van der Waals surface area contributed by atoms with E-state index in [-0.39, 0.29) is 5.97 Å². The molecule has 2 nitrogen and oxygen atoms in total. The highest BCUT2D eigenvalue weighted by Crippen LogP contribution is 2.25. The van der Waals surface area contributed by atoms with Gasteiger partial charge in [-0.25, -0.2) is 4.79 Å². The first-order chi connectivity index (χ1) is 12.1. The van der Waals surface area contributed by atoms with Crippen molar-refractivity contribution in [3.8, 4) is 0 Å². The molecule has 2 aromatic carbocycles. The van der Waals surface area contributed by atoms with E-state index in [1.54, 1.807) is 0 Å². The van der Waals surface area contributed by atoms with Gasteiger partial charge in [-0.2, -0.15) is 0 Å². The Morgan fingerprint density at radius 3 is 2.32 bits per heavy atom. The Labute approximate surface area is 152 Å². The second kappa shape index (κ2) is 9.41. The molecule has 0 amide bonds. The summed E-state index contributed by atoms with van der Waals surface area (Å²) in [7, 11) is 0. The topological polar surface area (TPSA) is 26.3 Å². The van der Waals surface area contributed by atoms with Crippen LogP contribution < -0.4 is 0 Å². The lowest BCUT2D eigenvalue weighted by atomic mass is 9.93. The van der Waals surface area contributed by atoms with Gasteiger partial charge in [-0.05, 0) is 56.2 Å². The van der Waals surface area contributed by atoms with Crippen molar-refractivity contribution >= 4 is 5.97 Å². The molecule has 25 heavy (non-hydrogen) atoms. The summed E-state index contributed by atoms with van der Waals surface area (Å²) in [5.74, 6) is -0.191. The smallest absolute Gasteiger partial charge is 0.338 e. The molecule has 2 heteroatoms. The molecule has 0 radical (unpaired) electrons. The molecular weight excluding hydrogens is 308 g/mol. The summed E-state index contributed by atoms with van der Waals surface area (Å²) in [4.78, 5) is 12.8. The Morgan fingerprint density at radius 1 is 0.960 bits per heavy atom. The van der Waals surface area contributed by atoms with E-state index in [2.05, 4.69) is 38.1 Å². The maximum absolute atomic E-state index is 12.8. The van der Waals surface area contributed by atoms with Gasteiger partial charge in [0, 0.05) is 0 Å². The van der Waals surface area contributed by atoms with Crippen molar-refractivity contribution in [1.82, 2.24) is 0 Å². The molecule has 2 aromatic rings. The van der Waals surface area contributed by atoms with E-state index in [9.17, 15) is 4.79 Å². The standard InChI is InChI=1S/C23H30O2/c1-4-6-14-20-15-10-11-16-21(20)22(24)25-23(3,5-2)18-17-19-12-8-7-9-13-19/h7-13,15-16H,4-6,14,17-18H2,1-3H3. The number of esters is 1. The first-order valence-corrected chi connectivity index (χ1v) is 9.43. The third kappa shape index (κ3) is 5.74. The minimum atomic E-state index is -0.440. The van der Waals surface area contributed by atoms with E-state index in [4.69, 9.17) is 4.74 Å². The molecule has 0 fully saturated rings. The maximum atomic E-state index is 12.8. The Kier molecular flexibility index (Phi) is 7.24. The second-order valence-corrected chi connectivity index (χ2v) is 6.94. The average molecular weight is 338 g/mol. The number of benzene rings is 2. The zero-order valence-electron chi connectivity index (χ0n) is 15.8. The number of rotatable bonds is 9. The molecule has 0 aliphatic carbocycles. The van der Waals surface area contributed by atoms with Crippen molar-refractivity contribution in [3.63, 3.8) is 0 Å². The number of ether oxygens (including phenoxy) is 1. The second-order valence-electron chi connectivity index (χ2n) is 6.94. The normalized spacial score (nSPS) is 13.2. The van der Waals surface area contributed by atoms with E-state index in [0.717, 1.165) is 49.7 Å². The fourth-order valence-corrected chi connectivity index (χ4v) is 2.94. The zero-order valence-corrected chi connectivity index (χ0v) is 15.8. The van der Waals surface area contributed by atoms with E-state index in [0.29, 0.717) is 0 Å². The summed E-state index contributed by atoms with van der Waals surface area (Å²) < 4.78 is 5.98. The van der Waals surface area contributed by atoms with Gasteiger partial charge in [-0.3, -0.25) is 0 Å². The molecule has 0 N–H and O–H groups in total.